The van der Waals surface area contributed by atoms with Crippen LogP contribution in [0.15, 0.2) is 42.0 Å². The highest BCUT2D eigenvalue weighted by Gasteiger charge is 2.32. The highest BCUT2D eigenvalue weighted by Crippen LogP contribution is 2.34. The van der Waals surface area contributed by atoms with E-state index in [0.717, 1.165) is 24.5 Å². The number of benzene rings is 1. The number of carbonyl (C=O) groups excluding carboxylic acids is 1. The minimum absolute atomic E-state index is 0.0233. The standard InChI is InChI=1S/C23H26F3N5O/c24-23(25,26)18-4-2-1-3-17(18)13-15-9-11-31(12-10-15)21-8-7-20(29-30-21)22(32)28-14-19(27)16-5-6-16/h1-4,7-8,13,16,19H,5-6,9-12,14,27H2,(H,28,32). The highest BCUT2D eigenvalue weighted by atomic mass is 19.4. The first-order chi connectivity index (χ1) is 15.3. The van der Waals surface area contributed by atoms with Crippen molar-refractivity contribution in [1.82, 2.24) is 15.5 Å². The summed E-state index contributed by atoms with van der Waals surface area (Å²) in [5.41, 5.74) is 6.78. The number of amides is 1. The summed E-state index contributed by atoms with van der Waals surface area (Å²) in [7, 11) is 0. The molecule has 1 atom stereocenters. The molecule has 1 amide bonds. The zero-order valence-electron chi connectivity index (χ0n) is 17.6. The van der Waals surface area contributed by atoms with Gasteiger partial charge in [-0.1, -0.05) is 29.8 Å². The zero-order chi connectivity index (χ0) is 22.7. The van der Waals surface area contributed by atoms with Gasteiger partial charge in [-0.25, -0.2) is 0 Å². The topological polar surface area (TPSA) is 84.1 Å². The van der Waals surface area contributed by atoms with E-state index in [-0.39, 0.29) is 23.2 Å². The number of alkyl halides is 3. The average molecular weight is 445 g/mol. The number of hydrogen-bond donors (Lipinski definition) is 2. The number of carbonyl (C=O) groups is 1. The van der Waals surface area contributed by atoms with E-state index in [2.05, 4.69) is 15.5 Å². The summed E-state index contributed by atoms with van der Waals surface area (Å²) < 4.78 is 39.6. The van der Waals surface area contributed by atoms with Gasteiger partial charge in [0.2, 0.25) is 0 Å². The second-order valence-electron chi connectivity index (χ2n) is 8.36. The number of hydrogen-bond acceptors (Lipinski definition) is 5. The van der Waals surface area contributed by atoms with Crippen LogP contribution in [0.25, 0.3) is 6.08 Å². The summed E-state index contributed by atoms with van der Waals surface area (Å²) in [6, 6.07) is 8.97. The van der Waals surface area contributed by atoms with Crippen molar-refractivity contribution >= 4 is 17.8 Å². The maximum absolute atomic E-state index is 13.2. The Morgan fingerprint density at radius 2 is 1.88 bits per heavy atom. The van der Waals surface area contributed by atoms with E-state index in [1.807, 2.05) is 4.90 Å². The number of rotatable bonds is 6. The number of piperidine rings is 1. The summed E-state index contributed by atoms with van der Waals surface area (Å²) in [6.45, 7) is 1.67. The van der Waals surface area contributed by atoms with Crippen molar-refractivity contribution in [3.8, 4) is 0 Å². The first-order valence-electron chi connectivity index (χ1n) is 10.8. The third kappa shape index (κ3) is 5.45. The van der Waals surface area contributed by atoms with E-state index in [4.69, 9.17) is 5.73 Å². The molecule has 2 aliphatic rings. The van der Waals surface area contributed by atoms with E-state index in [9.17, 15) is 18.0 Å². The highest BCUT2D eigenvalue weighted by molar-refractivity contribution is 5.92. The summed E-state index contributed by atoms with van der Waals surface area (Å²) in [5, 5.41) is 11.0. The van der Waals surface area contributed by atoms with Crippen molar-refractivity contribution in [2.45, 2.75) is 37.9 Å². The van der Waals surface area contributed by atoms with Crippen LogP contribution in [0, 0.1) is 5.92 Å². The first kappa shape index (κ1) is 22.3. The lowest BCUT2D eigenvalue weighted by molar-refractivity contribution is -0.137. The monoisotopic (exact) mass is 445 g/mol. The molecular weight excluding hydrogens is 419 g/mol. The van der Waals surface area contributed by atoms with Gasteiger partial charge in [-0.3, -0.25) is 4.79 Å². The Hall–Kier alpha value is -2.94. The van der Waals surface area contributed by atoms with Crippen LogP contribution < -0.4 is 16.0 Å². The Balaban J connectivity index is 1.33. The Morgan fingerprint density at radius 1 is 1.16 bits per heavy atom. The largest absolute Gasteiger partial charge is 0.416 e. The number of halogens is 3. The van der Waals surface area contributed by atoms with Crippen molar-refractivity contribution in [3.63, 3.8) is 0 Å². The summed E-state index contributed by atoms with van der Waals surface area (Å²) in [5.74, 6) is 0.849. The fourth-order valence-corrected chi connectivity index (χ4v) is 3.88. The van der Waals surface area contributed by atoms with Crippen LogP contribution in [0.2, 0.25) is 0 Å². The molecule has 170 valence electrons. The molecule has 3 N–H and O–H groups in total. The van der Waals surface area contributed by atoms with E-state index in [1.54, 1.807) is 24.3 Å². The normalized spacial score (nSPS) is 17.8. The van der Waals surface area contributed by atoms with Crippen LogP contribution in [0.5, 0.6) is 0 Å². The molecule has 2 aromatic rings. The minimum Gasteiger partial charge on any atom is -0.354 e. The maximum Gasteiger partial charge on any atom is 0.416 e. The molecule has 9 heteroatoms. The lowest BCUT2D eigenvalue weighted by Gasteiger charge is -2.29. The summed E-state index contributed by atoms with van der Waals surface area (Å²) in [4.78, 5) is 14.2. The first-order valence-corrected chi connectivity index (χ1v) is 10.8. The second-order valence-corrected chi connectivity index (χ2v) is 8.36. The molecule has 1 aliphatic heterocycles. The molecule has 2 heterocycles. The van der Waals surface area contributed by atoms with Crippen LogP contribution in [-0.2, 0) is 6.18 Å². The Kier molecular flexibility index (Phi) is 6.45. The average Bonchev–Trinajstić information content (AvgIpc) is 3.63. The third-order valence-corrected chi connectivity index (χ3v) is 5.96. The molecule has 1 aliphatic carbocycles. The molecule has 1 unspecified atom stereocenters. The molecule has 2 fully saturated rings. The SMILES string of the molecule is NC(CNC(=O)c1ccc(N2CCC(=Cc3ccccc3C(F)(F)F)CC2)nn1)C1CC1. The van der Waals surface area contributed by atoms with Crippen LogP contribution in [0.4, 0.5) is 19.0 Å². The van der Waals surface area contributed by atoms with Gasteiger partial charge in [0.15, 0.2) is 11.5 Å². The molecule has 4 rings (SSSR count). The van der Waals surface area contributed by atoms with Crippen LogP contribution in [-0.4, -0.2) is 41.8 Å². The van der Waals surface area contributed by atoms with Crippen LogP contribution in [0.1, 0.15) is 47.3 Å². The Morgan fingerprint density at radius 3 is 2.50 bits per heavy atom. The number of nitrogens with zero attached hydrogens (tertiary/aromatic N) is 3. The quantitative estimate of drug-likeness (QED) is 0.709. The maximum atomic E-state index is 13.2. The smallest absolute Gasteiger partial charge is 0.354 e. The van der Waals surface area contributed by atoms with Crippen molar-refractivity contribution in [1.29, 1.82) is 0 Å². The van der Waals surface area contributed by atoms with E-state index in [1.165, 1.54) is 12.1 Å². The fraction of sp³-hybridized carbons (Fsp3) is 0.435. The number of aromatic nitrogens is 2. The van der Waals surface area contributed by atoms with Crippen molar-refractivity contribution in [3.05, 3.63) is 58.8 Å². The molecule has 1 saturated heterocycles. The predicted octanol–water partition coefficient (Wildman–Crippen LogP) is 3.65. The lowest BCUT2D eigenvalue weighted by Crippen LogP contribution is -2.39. The number of nitrogens with two attached hydrogens (primary N) is 1. The minimum atomic E-state index is -4.37. The van der Waals surface area contributed by atoms with Gasteiger partial charge in [0.25, 0.3) is 5.91 Å². The molecule has 1 aromatic carbocycles. The molecule has 0 spiro atoms. The molecule has 32 heavy (non-hydrogen) atoms. The van der Waals surface area contributed by atoms with Gasteiger partial charge in [0.05, 0.1) is 5.56 Å². The molecule has 6 nitrogen and oxygen atoms in total. The second kappa shape index (κ2) is 9.28. The van der Waals surface area contributed by atoms with E-state index < -0.39 is 11.7 Å². The van der Waals surface area contributed by atoms with E-state index >= 15 is 0 Å². The fourth-order valence-electron chi connectivity index (χ4n) is 3.88. The van der Waals surface area contributed by atoms with Gasteiger partial charge < -0.3 is 16.0 Å². The summed E-state index contributed by atoms with van der Waals surface area (Å²) in [6.07, 6.45) is 0.775. The van der Waals surface area contributed by atoms with Crippen molar-refractivity contribution in [2.24, 2.45) is 11.7 Å². The van der Waals surface area contributed by atoms with Gasteiger partial charge in [0, 0.05) is 25.7 Å². The number of nitrogens with one attached hydrogen (secondary N) is 1. The van der Waals surface area contributed by atoms with Gasteiger partial charge in [0.1, 0.15) is 0 Å². The molecule has 0 bridgehead atoms. The van der Waals surface area contributed by atoms with Gasteiger partial charge in [-0.2, -0.15) is 13.2 Å². The van der Waals surface area contributed by atoms with Crippen LogP contribution in [0.3, 0.4) is 0 Å². The lowest BCUT2D eigenvalue weighted by atomic mass is 9.98. The van der Waals surface area contributed by atoms with Gasteiger partial charge in [-0.15, -0.1) is 10.2 Å². The van der Waals surface area contributed by atoms with Gasteiger partial charge in [-0.05, 0) is 55.4 Å². The zero-order valence-corrected chi connectivity index (χ0v) is 17.6. The number of anilines is 1. The predicted molar refractivity (Wildman–Crippen MR) is 116 cm³/mol. The molecule has 1 aromatic heterocycles. The Bertz CT molecular complexity index is 976. The van der Waals surface area contributed by atoms with Crippen molar-refractivity contribution in [2.75, 3.05) is 24.5 Å². The molecular formula is C23H26F3N5O. The van der Waals surface area contributed by atoms with Crippen LogP contribution >= 0.6 is 0 Å². The third-order valence-electron chi connectivity index (χ3n) is 5.96. The van der Waals surface area contributed by atoms with E-state index in [0.29, 0.717) is 44.2 Å². The molecule has 1 saturated carbocycles. The van der Waals surface area contributed by atoms with Crippen molar-refractivity contribution < 1.29 is 18.0 Å². The summed E-state index contributed by atoms with van der Waals surface area (Å²) >= 11 is 0. The molecule has 0 radical (unpaired) electrons. The van der Waals surface area contributed by atoms with Gasteiger partial charge >= 0.3 is 6.18 Å². The Labute approximate surface area is 184 Å².